The number of amidine groups is 1. The van der Waals surface area contributed by atoms with E-state index in [0.717, 1.165) is 5.56 Å². The van der Waals surface area contributed by atoms with Crippen molar-refractivity contribution in [2.45, 2.75) is 25.0 Å². The molecule has 1 fully saturated rings. The van der Waals surface area contributed by atoms with Gasteiger partial charge >= 0.3 is 5.97 Å². The number of thioether (sulfide) groups is 1. The lowest BCUT2D eigenvalue weighted by Gasteiger charge is -2.31. The van der Waals surface area contributed by atoms with Crippen LogP contribution in [-0.2, 0) is 20.7 Å². The van der Waals surface area contributed by atoms with E-state index in [4.69, 9.17) is 22.1 Å². The first-order chi connectivity index (χ1) is 14.9. The Morgan fingerprint density at radius 2 is 1.87 bits per heavy atom. The maximum atomic E-state index is 12.7. The molecule has 162 valence electrons. The van der Waals surface area contributed by atoms with Crippen molar-refractivity contribution in [2.75, 3.05) is 13.2 Å². The highest BCUT2D eigenvalue weighted by Gasteiger charge is 2.34. The second kappa shape index (κ2) is 10.5. The number of benzene rings is 2. The molecule has 31 heavy (non-hydrogen) atoms. The fourth-order valence-electron chi connectivity index (χ4n) is 2.96. The summed E-state index contributed by atoms with van der Waals surface area (Å²) >= 11 is 7.10. The Labute approximate surface area is 189 Å². The molecule has 0 saturated carbocycles. The zero-order valence-corrected chi connectivity index (χ0v) is 18.5. The number of hydrogen-bond acceptors (Lipinski definition) is 6. The largest absolute Gasteiger partial charge is 0.462 e. The van der Waals surface area contributed by atoms with Gasteiger partial charge in [0.05, 0.1) is 23.1 Å². The van der Waals surface area contributed by atoms with Gasteiger partial charge in [0, 0.05) is 18.0 Å². The number of hydrogen-bond donors (Lipinski definition) is 1. The number of ether oxygens (including phenoxy) is 1. The van der Waals surface area contributed by atoms with Crippen LogP contribution < -0.4 is 5.73 Å². The van der Waals surface area contributed by atoms with Crippen molar-refractivity contribution < 1.29 is 19.1 Å². The van der Waals surface area contributed by atoms with Gasteiger partial charge in [0.25, 0.3) is 0 Å². The number of rotatable bonds is 7. The number of nitrogens with two attached hydrogens (primary N) is 1. The Hall–Kier alpha value is -2.84. The van der Waals surface area contributed by atoms with Crippen LogP contribution in [0.4, 0.5) is 5.69 Å². The Bertz CT molecular complexity index is 993. The van der Waals surface area contributed by atoms with Crippen LogP contribution in [0.25, 0.3) is 0 Å². The van der Waals surface area contributed by atoms with Gasteiger partial charge in [-0.25, -0.2) is 9.79 Å². The second-order valence-electron chi connectivity index (χ2n) is 6.80. The van der Waals surface area contributed by atoms with Crippen molar-refractivity contribution in [1.82, 2.24) is 4.90 Å². The molecule has 0 aliphatic carbocycles. The molecule has 2 aromatic carbocycles. The summed E-state index contributed by atoms with van der Waals surface area (Å²) in [5, 5.41) is 0.376. The molecule has 7 nitrogen and oxygen atoms in total. The summed E-state index contributed by atoms with van der Waals surface area (Å²) in [5.41, 5.74) is 7.42. The smallest absolute Gasteiger partial charge is 0.338 e. The average Bonchev–Trinajstić information content (AvgIpc) is 2.75. The molecule has 9 heteroatoms. The van der Waals surface area contributed by atoms with Crippen LogP contribution in [0.2, 0.25) is 5.02 Å². The van der Waals surface area contributed by atoms with Crippen LogP contribution in [0, 0.1) is 0 Å². The molecule has 0 aromatic heterocycles. The normalized spacial score (nSPS) is 17.6. The monoisotopic (exact) mass is 459 g/mol. The molecule has 1 aliphatic rings. The second-order valence-corrected chi connectivity index (χ2v) is 8.40. The van der Waals surface area contributed by atoms with E-state index < -0.39 is 17.1 Å². The summed E-state index contributed by atoms with van der Waals surface area (Å²) in [4.78, 5) is 42.4. The predicted molar refractivity (Wildman–Crippen MR) is 122 cm³/mol. The van der Waals surface area contributed by atoms with Gasteiger partial charge in [-0.15, -0.1) is 0 Å². The topological polar surface area (TPSA) is 102 Å². The summed E-state index contributed by atoms with van der Waals surface area (Å²) in [5.74, 6) is -1.18. The number of esters is 1. The van der Waals surface area contributed by atoms with Crippen molar-refractivity contribution in [1.29, 1.82) is 0 Å². The Morgan fingerprint density at radius 3 is 2.48 bits per heavy atom. The number of amides is 2. The summed E-state index contributed by atoms with van der Waals surface area (Å²) in [6, 6.07) is 13.9. The lowest BCUT2D eigenvalue weighted by atomic mass is 10.1. The van der Waals surface area contributed by atoms with Crippen LogP contribution in [0.15, 0.2) is 53.5 Å². The molecule has 0 spiro atoms. The average molecular weight is 460 g/mol. The third kappa shape index (κ3) is 6.08. The van der Waals surface area contributed by atoms with Crippen LogP contribution in [-0.4, -0.2) is 46.3 Å². The lowest BCUT2D eigenvalue weighted by molar-refractivity contribution is -0.129. The maximum Gasteiger partial charge on any atom is 0.338 e. The number of primary amides is 1. The molecule has 3 rings (SSSR count). The van der Waals surface area contributed by atoms with E-state index in [-0.39, 0.29) is 12.3 Å². The summed E-state index contributed by atoms with van der Waals surface area (Å²) in [6.45, 7) is 2.43. The van der Waals surface area contributed by atoms with E-state index in [0.29, 0.717) is 41.0 Å². The molecule has 0 bridgehead atoms. The van der Waals surface area contributed by atoms with Crippen molar-refractivity contribution in [3.05, 3.63) is 64.7 Å². The summed E-state index contributed by atoms with van der Waals surface area (Å²) in [7, 11) is 0. The van der Waals surface area contributed by atoms with Crippen molar-refractivity contribution in [3.8, 4) is 0 Å². The summed E-state index contributed by atoms with van der Waals surface area (Å²) in [6.07, 6.45) is 0.632. The van der Waals surface area contributed by atoms with E-state index in [1.807, 2.05) is 12.1 Å². The standard InChI is InChI=1S/C22H22ClN3O4S/c1-2-30-21(29)15-5-9-17(10-6-15)25-22-26(19(27)13-18(31-22)20(24)28)12-11-14-3-7-16(23)8-4-14/h3-10,18H,2,11-13H2,1H3,(H2,24,28)/t18-/m1/s1. The van der Waals surface area contributed by atoms with Crippen molar-refractivity contribution >= 4 is 52.0 Å². The quantitative estimate of drug-likeness (QED) is 0.637. The first-order valence-corrected chi connectivity index (χ1v) is 11.0. The molecule has 1 atom stereocenters. The molecule has 1 saturated heterocycles. The van der Waals surface area contributed by atoms with Gasteiger partial charge in [-0.3, -0.25) is 14.5 Å². The lowest BCUT2D eigenvalue weighted by Crippen LogP contribution is -2.46. The molecular weight excluding hydrogens is 438 g/mol. The van der Waals surface area contributed by atoms with E-state index in [9.17, 15) is 14.4 Å². The fourth-order valence-corrected chi connectivity index (χ4v) is 4.16. The predicted octanol–water partition coefficient (Wildman–Crippen LogP) is 3.57. The van der Waals surface area contributed by atoms with Crippen LogP contribution in [0.1, 0.15) is 29.3 Å². The third-order valence-electron chi connectivity index (χ3n) is 4.60. The molecule has 2 aromatic rings. The highest BCUT2D eigenvalue weighted by Crippen LogP contribution is 2.29. The number of nitrogens with zero attached hydrogens (tertiary/aromatic N) is 2. The van der Waals surface area contributed by atoms with E-state index >= 15 is 0 Å². The summed E-state index contributed by atoms with van der Waals surface area (Å²) < 4.78 is 4.98. The first kappa shape index (κ1) is 22.8. The minimum atomic E-state index is -0.670. The Morgan fingerprint density at radius 1 is 1.19 bits per heavy atom. The zero-order chi connectivity index (χ0) is 22.4. The molecule has 1 heterocycles. The maximum absolute atomic E-state index is 12.7. The van der Waals surface area contributed by atoms with Crippen LogP contribution in [0.3, 0.4) is 0 Å². The minimum absolute atomic E-state index is 0.0292. The van der Waals surface area contributed by atoms with Gasteiger partial charge in [-0.05, 0) is 55.3 Å². The highest BCUT2D eigenvalue weighted by atomic mass is 35.5. The van der Waals surface area contributed by atoms with Gasteiger partial charge in [-0.1, -0.05) is 35.5 Å². The van der Waals surface area contributed by atoms with E-state index in [2.05, 4.69) is 4.99 Å². The molecule has 0 unspecified atom stereocenters. The van der Waals surface area contributed by atoms with E-state index in [1.165, 1.54) is 11.8 Å². The molecule has 1 aliphatic heterocycles. The third-order valence-corrected chi connectivity index (χ3v) is 6.06. The minimum Gasteiger partial charge on any atom is -0.462 e. The number of carbonyl (C=O) groups is 3. The SMILES string of the molecule is CCOC(=O)c1ccc(N=C2S[C@@H](C(N)=O)CC(=O)N2CCc2ccc(Cl)cc2)cc1. The number of carbonyl (C=O) groups excluding carboxylic acids is 3. The van der Waals surface area contributed by atoms with Gasteiger partial charge in [0.1, 0.15) is 0 Å². The molecule has 0 radical (unpaired) electrons. The fraction of sp³-hybridized carbons (Fsp3) is 0.273. The van der Waals surface area contributed by atoms with Gasteiger partial charge < -0.3 is 10.5 Å². The van der Waals surface area contributed by atoms with Gasteiger partial charge in [0.15, 0.2) is 5.17 Å². The number of aliphatic imine (C=N–C) groups is 1. The van der Waals surface area contributed by atoms with Crippen LogP contribution in [0.5, 0.6) is 0 Å². The molecule has 2 N–H and O–H groups in total. The van der Waals surface area contributed by atoms with Crippen LogP contribution >= 0.6 is 23.4 Å². The Kier molecular flexibility index (Phi) is 7.70. The highest BCUT2D eigenvalue weighted by molar-refractivity contribution is 8.15. The zero-order valence-electron chi connectivity index (χ0n) is 16.9. The van der Waals surface area contributed by atoms with Gasteiger partial charge in [0.2, 0.25) is 11.8 Å². The molecular formula is C22H22ClN3O4S. The first-order valence-electron chi connectivity index (χ1n) is 9.74. The Balaban J connectivity index is 1.82. The van der Waals surface area contributed by atoms with E-state index in [1.54, 1.807) is 48.2 Å². The number of halogens is 1. The van der Waals surface area contributed by atoms with Gasteiger partial charge in [-0.2, -0.15) is 0 Å². The van der Waals surface area contributed by atoms with Crippen molar-refractivity contribution in [3.63, 3.8) is 0 Å². The molecule has 2 amide bonds. The van der Waals surface area contributed by atoms with Crippen molar-refractivity contribution in [2.24, 2.45) is 10.7 Å².